The molecule has 0 radical (unpaired) electrons. The number of fused-ring (bicyclic) bond motifs is 1. The summed E-state index contributed by atoms with van der Waals surface area (Å²) in [5.74, 6) is -0.332. The number of ether oxygens (including phenoxy) is 2. The number of allylic oxidation sites excluding steroid dienone is 6. The van der Waals surface area contributed by atoms with Crippen LogP contribution in [0.5, 0.6) is 0 Å². The zero-order valence-electron chi connectivity index (χ0n) is 15.8. The van der Waals surface area contributed by atoms with E-state index in [9.17, 15) is 4.79 Å². The van der Waals surface area contributed by atoms with Gasteiger partial charge in [0.2, 0.25) is 0 Å². The number of hydrogen-bond donors (Lipinski definition) is 0. The van der Waals surface area contributed by atoms with Crippen molar-refractivity contribution >= 4 is 5.97 Å². The predicted molar refractivity (Wildman–Crippen MR) is 97.7 cm³/mol. The molecule has 0 aromatic heterocycles. The van der Waals surface area contributed by atoms with Crippen LogP contribution >= 0.6 is 0 Å². The normalized spacial score (nSPS) is 32.9. The molecule has 1 saturated carbocycles. The Morgan fingerprint density at radius 2 is 1.79 bits per heavy atom. The highest BCUT2D eigenvalue weighted by atomic mass is 16.6. The van der Waals surface area contributed by atoms with Gasteiger partial charge in [0, 0.05) is 11.5 Å². The average Bonchev–Trinajstić information content (AvgIpc) is 3.13. The summed E-state index contributed by atoms with van der Waals surface area (Å²) in [6.07, 6.45) is 15.3. The first kappa shape index (κ1) is 18.7. The van der Waals surface area contributed by atoms with Gasteiger partial charge in [0.15, 0.2) is 0 Å². The van der Waals surface area contributed by atoms with Crippen molar-refractivity contribution in [3.8, 4) is 0 Å². The lowest BCUT2D eigenvalue weighted by molar-refractivity contribution is -0.134. The molecule has 0 aromatic carbocycles. The van der Waals surface area contributed by atoms with Gasteiger partial charge in [-0.25, -0.2) is 4.79 Å². The third-order valence-corrected chi connectivity index (χ3v) is 5.44. The Labute approximate surface area is 146 Å². The maximum atomic E-state index is 11.2. The van der Waals surface area contributed by atoms with Crippen LogP contribution in [0.4, 0.5) is 0 Å². The molecule has 2 atom stereocenters. The number of methoxy groups -OCH3 is 1. The van der Waals surface area contributed by atoms with Crippen LogP contribution in [0.2, 0.25) is 0 Å². The van der Waals surface area contributed by atoms with Crippen LogP contribution in [0.15, 0.2) is 47.6 Å². The molecule has 2 fully saturated rings. The number of hydrogen-bond acceptors (Lipinski definition) is 3. The van der Waals surface area contributed by atoms with Crippen molar-refractivity contribution < 1.29 is 14.3 Å². The van der Waals surface area contributed by atoms with Crippen LogP contribution in [0.3, 0.4) is 0 Å². The minimum atomic E-state index is -0.332. The molecule has 0 spiro atoms. The molecule has 2 unspecified atom stereocenters. The van der Waals surface area contributed by atoms with Gasteiger partial charge >= 0.3 is 5.97 Å². The van der Waals surface area contributed by atoms with Gasteiger partial charge in [-0.3, -0.25) is 0 Å². The van der Waals surface area contributed by atoms with Crippen molar-refractivity contribution in [3.63, 3.8) is 0 Å². The predicted octanol–water partition coefficient (Wildman–Crippen LogP) is 4.90. The van der Waals surface area contributed by atoms with Crippen LogP contribution in [0.1, 0.15) is 53.9 Å². The van der Waals surface area contributed by atoms with E-state index in [0.717, 1.165) is 17.6 Å². The van der Waals surface area contributed by atoms with Gasteiger partial charge in [-0.05, 0) is 51.7 Å². The smallest absolute Gasteiger partial charge is 0.330 e. The van der Waals surface area contributed by atoms with E-state index in [1.54, 1.807) is 0 Å². The molecule has 24 heavy (non-hydrogen) atoms. The number of carbonyl (C=O) groups excluding carboxylic acids is 1. The van der Waals surface area contributed by atoms with Gasteiger partial charge in [-0.15, -0.1) is 0 Å². The van der Waals surface area contributed by atoms with Crippen LogP contribution in [-0.4, -0.2) is 24.3 Å². The fourth-order valence-corrected chi connectivity index (χ4v) is 3.86. The number of carbonyl (C=O) groups is 1. The summed E-state index contributed by atoms with van der Waals surface area (Å²) in [5.41, 5.74) is 2.07. The van der Waals surface area contributed by atoms with E-state index in [1.165, 1.54) is 26.0 Å². The van der Waals surface area contributed by atoms with E-state index in [-0.39, 0.29) is 22.6 Å². The topological polar surface area (TPSA) is 38.8 Å². The standard InChI is InChI=1S/C21H30O3/c1-16(9-7-10-17(2)15-18(22)23-6)11-14-21-19(3,4)12-8-13-20(21,5)24-21/h7,9-11,14-15H,8,12-13H2,1-6H3/b10-7+,14-11+,16-9+,17-15+. The summed E-state index contributed by atoms with van der Waals surface area (Å²) >= 11 is 0. The molecule has 1 aliphatic carbocycles. The average molecular weight is 330 g/mol. The Morgan fingerprint density at radius 3 is 2.42 bits per heavy atom. The molecule has 2 rings (SSSR count). The summed E-state index contributed by atoms with van der Waals surface area (Å²) in [7, 11) is 1.38. The van der Waals surface area contributed by atoms with E-state index >= 15 is 0 Å². The second-order valence-corrected chi connectivity index (χ2v) is 7.82. The molecule has 132 valence electrons. The summed E-state index contributed by atoms with van der Waals surface area (Å²) in [4.78, 5) is 11.2. The molecular weight excluding hydrogens is 300 g/mol. The zero-order chi connectivity index (χ0) is 18.0. The minimum absolute atomic E-state index is 0.00120. The van der Waals surface area contributed by atoms with Crippen molar-refractivity contribution in [1.29, 1.82) is 0 Å². The summed E-state index contributed by atoms with van der Waals surface area (Å²) < 4.78 is 10.8. The molecule has 0 aromatic rings. The molecular formula is C21H30O3. The monoisotopic (exact) mass is 330 g/mol. The summed E-state index contributed by atoms with van der Waals surface area (Å²) in [5, 5.41) is 0. The molecule has 0 bridgehead atoms. The molecule has 3 heteroatoms. The molecule has 2 aliphatic rings. The van der Waals surface area contributed by atoms with E-state index < -0.39 is 0 Å². The Balaban J connectivity index is 2.04. The lowest BCUT2D eigenvalue weighted by Crippen LogP contribution is -2.41. The first-order valence-electron chi connectivity index (χ1n) is 8.66. The number of epoxide rings is 1. The summed E-state index contributed by atoms with van der Waals surface area (Å²) in [6, 6.07) is 0. The highest BCUT2D eigenvalue weighted by Crippen LogP contribution is 2.66. The summed E-state index contributed by atoms with van der Waals surface area (Å²) in [6.45, 7) is 10.8. The molecule has 0 N–H and O–H groups in total. The van der Waals surface area contributed by atoms with Gasteiger partial charge in [0.1, 0.15) is 5.60 Å². The van der Waals surface area contributed by atoms with E-state index in [0.29, 0.717) is 0 Å². The Morgan fingerprint density at radius 1 is 1.08 bits per heavy atom. The minimum Gasteiger partial charge on any atom is -0.466 e. The third kappa shape index (κ3) is 3.56. The Hall–Kier alpha value is -1.61. The molecule has 3 nitrogen and oxygen atoms in total. The highest BCUT2D eigenvalue weighted by molar-refractivity contribution is 5.83. The van der Waals surface area contributed by atoms with E-state index in [2.05, 4.69) is 44.6 Å². The first-order valence-corrected chi connectivity index (χ1v) is 8.66. The molecule has 1 aliphatic heterocycles. The molecule has 1 saturated heterocycles. The lowest BCUT2D eigenvalue weighted by Gasteiger charge is -2.36. The Bertz CT molecular complexity index is 621. The van der Waals surface area contributed by atoms with Crippen LogP contribution in [0.25, 0.3) is 0 Å². The van der Waals surface area contributed by atoms with Crippen LogP contribution in [0, 0.1) is 5.41 Å². The van der Waals surface area contributed by atoms with Crippen LogP contribution in [-0.2, 0) is 14.3 Å². The van der Waals surface area contributed by atoms with Gasteiger partial charge in [-0.1, -0.05) is 43.7 Å². The number of esters is 1. The van der Waals surface area contributed by atoms with Gasteiger partial charge < -0.3 is 9.47 Å². The van der Waals surface area contributed by atoms with Crippen molar-refractivity contribution in [3.05, 3.63) is 47.6 Å². The molecule has 1 heterocycles. The van der Waals surface area contributed by atoms with Crippen molar-refractivity contribution in [1.82, 2.24) is 0 Å². The SMILES string of the molecule is COC(=O)/C=C(C)/C=C/C=C(C)/C=C/C12OC1(C)CCCC2(C)C. The number of rotatable bonds is 5. The largest absolute Gasteiger partial charge is 0.466 e. The van der Waals surface area contributed by atoms with E-state index in [1.807, 2.05) is 25.2 Å². The maximum absolute atomic E-state index is 11.2. The fourth-order valence-electron chi connectivity index (χ4n) is 3.86. The second-order valence-electron chi connectivity index (χ2n) is 7.82. The van der Waals surface area contributed by atoms with Gasteiger partial charge in [0.05, 0.1) is 12.7 Å². The third-order valence-electron chi connectivity index (χ3n) is 5.44. The van der Waals surface area contributed by atoms with Crippen LogP contribution < -0.4 is 0 Å². The first-order chi connectivity index (χ1) is 11.2. The van der Waals surface area contributed by atoms with Crippen molar-refractivity contribution in [2.24, 2.45) is 5.41 Å². The van der Waals surface area contributed by atoms with Crippen molar-refractivity contribution in [2.75, 3.05) is 7.11 Å². The Kier molecular flexibility index (Phi) is 5.24. The van der Waals surface area contributed by atoms with Gasteiger partial charge in [-0.2, -0.15) is 0 Å². The van der Waals surface area contributed by atoms with Gasteiger partial charge in [0.25, 0.3) is 0 Å². The highest BCUT2D eigenvalue weighted by Gasteiger charge is 2.73. The zero-order valence-corrected chi connectivity index (χ0v) is 15.8. The maximum Gasteiger partial charge on any atom is 0.330 e. The van der Waals surface area contributed by atoms with Crippen molar-refractivity contribution in [2.45, 2.75) is 65.1 Å². The fraction of sp³-hybridized carbons (Fsp3) is 0.571. The lowest BCUT2D eigenvalue weighted by atomic mass is 9.64. The molecule has 0 amide bonds. The van der Waals surface area contributed by atoms with E-state index in [4.69, 9.17) is 4.74 Å². The second kappa shape index (κ2) is 6.72. The quantitative estimate of drug-likeness (QED) is 0.311.